The summed E-state index contributed by atoms with van der Waals surface area (Å²) in [5.74, 6) is -1.03. The van der Waals surface area contributed by atoms with E-state index in [0.29, 0.717) is 0 Å². The molecule has 0 fully saturated rings. The van der Waals surface area contributed by atoms with Crippen molar-refractivity contribution in [2.45, 2.75) is 31.1 Å². The lowest BCUT2D eigenvalue weighted by molar-refractivity contribution is -0.143. The molecule has 4 heteroatoms. The van der Waals surface area contributed by atoms with E-state index in [4.69, 9.17) is 10.8 Å². The average Bonchev–Trinajstić information content (AvgIpc) is 1.62. The van der Waals surface area contributed by atoms with E-state index < -0.39 is 16.3 Å². The van der Waals surface area contributed by atoms with Crippen molar-refractivity contribution in [3.63, 3.8) is 0 Å². The van der Waals surface area contributed by atoms with Crippen LogP contribution >= 0.6 is 12.6 Å². The zero-order chi connectivity index (χ0) is 8.58. The molecule has 0 heterocycles. The van der Waals surface area contributed by atoms with Gasteiger partial charge in [0, 0.05) is 4.75 Å². The maximum Gasteiger partial charge on any atom is 0.324 e. The number of carbonyl (C=O) groups is 1. The minimum absolute atomic E-state index is 0.709. The third-order valence-electron chi connectivity index (χ3n) is 1.72. The lowest BCUT2D eigenvalue weighted by Crippen LogP contribution is -2.57. The van der Waals surface area contributed by atoms with Crippen molar-refractivity contribution in [1.29, 1.82) is 0 Å². The summed E-state index contributed by atoms with van der Waals surface area (Å²) in [5.41, 5.74) is 4.18. The number of thiol groups is 1. The summed E-state index contributed by atoms with van der Waals surface area (Å²) in [5, 5.41) is 8.60. The lowest BCUT2D eigenvalue weighted by Gasteiger charge is -2.32. The summed E-state index contributed by atoms with van der Waals surface area (Å²) in [6.45, 7) is 4.79. The van der Waals surface area contributed by atoms with Gasteiger partial charge in [-0.1, -0.05) is 0 Å². The fourth-order valence-corrected chi connectivity index (χ4v) is 0.357. The van der Waals surface area contributed by atoms with E-state index in [1.807, 2.05) is 0 Å². The minimum atomic E-state index is -1.28. The molecule has 0 aromatic heterocycles. The van der Waals surface area contributed by atoms with E-state index in [2.05, 4.69) is 12.6 Å². The smallest absolute Gasteiger partial charge is 0.324 e. The largest absolute Gasteiger partial charge is 0.480 e. The van der Waals surface area contributed by atoms with Crippen LogP contribution in [0.2, 0.25) is 0 Å². The quantitative estimate of drug-likeness (QED) is 0.519. The predicted molar refractivity (Wildman–Crippen MR) is 43.3 cm³/mol. The van der Waals surface area contributed by atoms with Gasteiger partial charge >= 0.3 is 5.97 Å². The van der Waals surface area contributed by atoms with Crippen LogP contribution in [0.3, 0.4) is 0 Å². The van der Waals surface area contributed by atoms with E-state index in [-0.39, 0.29) is 0 Å². The predicted octanol–water partition coefficient (Wildman–Crippen LogP) is 0.497. The van der Waals surface area contributed by atoms with Crippen molar-refractivity contribution in [2.24, 2.45) is 5.73 Å². The molecule has 0 aliphatic rings. The Morgan fingerprint density at radius 3 is 1.80 bits per heavy atom. The van der Waals surface area contributed by atoms with Gasteiger partial charge in [-0.05, 0) is 20.8 Å². The van der Waals surface area contributed by atoms with Gasteiger partial charge in [-0.15, -0.1) is 0 Å². The number of aliphatic carboxylic acids is 1. The highest BCUT2D eigenvalue weighted by Crippen LogP contribution is 2.25. The van der Waals surface area contributed by atoms with E-state index in [1.54, 1.807) is 13.8 Å². The van der Waals surface area contributed by atoms with Crippen LogP contribution in [0.25, 0.3) is 0 Å². The standard InChI is InChI=1S/C6H13NO2S/c1-5(2,10)6(3,7)4(8)9/h10H,7H2,1-3H3,(H,8,9)/t6-/m1/s1. The molecule has 0 unspecified atom stereocenters. The van der Waals surface area contributed by atoms with Gasteiger partial charge in [-0.2, -0.15) is 12.6 Å². The summed E-state index contributed by atoms with van der Waals surface area (Å²) in [6.07, 6.45) is 0. The molecular weight excluding hydrogens is 150 g/mol. The Balaban J connectivity index is 4.57. The first-order chi connectivity index (χ1) is 4.19. The highest BCUT2D eigenvalue weighted by Gasteiger charge is 2.41. The molecule has 10 heavy (non-hydrogen) atoms. The molecule has 0 rings (SSSR count). The van der Waals surface area contributed by atoms with E-state index in [9.17, 15) is 4.79 Å². The topological polar surface area (TPSA) is 63.3 Å². The zero-order valence-electron chi connectivity index (χ0n) is 6.38. The number of rotatable bonds is 2. The lowest BCUT2D eigenvalue weighted by atomic mass is 9.89. The summed E-state index contributed by atoms with van der Waals surface area (Å²) in [6, 6.07) is 0. The maximum atomic E-state index is 10.5. The van der Waals surface area contributed by atoms with Gasteiger partial charge in [0.1, 0.15) is 5.54 Å². The van der Waals surface area contributed by atoms with Crippen molar-refractivity contribution in [1.82, 2.24) is 0 Å². The Morgan fingerprint density at radius 1 is 1.50 bits per heavy atom. The highest BCUT2D eigenvalue weighted by atomic mass is 32.1. The van der Waals surface area contributed by atoms with E-state index >= 15 is 0 Å². The van der Waals surface area contributed by atoms with Gasteiger partial charge in [-0.25, -0.2) is 0 Å². The van der Waals surface area contributed by atoms with Gasteiger partial charge in [0.25, 0.3) is 0 Å². The van der Waals surface area contributed by atoms with E-state index in [1.165, 1.54) is 6.92 Å². The Morgan fingerprint density at radius 2 is 1.80 bits per heavy atom. The van der Waals surface area contributed by atoms with Crippen molar-refractivity contribution < 1.29 is 9.90 Å². The molecule has 1 atom stereocenters. The first-order valence-electron chi connectivity index (χ1n) is 2.94. The third-order valence-corrected chi connectivity index (χ3v) is 2.18. The Bertz CT molecular complexity index is 148. The fourth-order valence-electron chi connectivity index (χ4n) is 0.262. The second kappa shape index (κ2) is 2.43. The monoisotopic (exact) mass is 163 g/mol. The zero-order valence-corrected chi connectivity index (χ0v) is 7.27. The van der Waals surface area contributed by atoms with Crippen LogP contribution < -0.4 is 5.73 Å². The summed E-state index contributed by atoms with van der Waals surface area (Å²) >= 11 is 4.07. The van der Waals surface area contributed by atoms with Crippen LogP contribution in [-0.2, 0) is 4.79 Å². The Labute approximate surface area is 66.0 Å². The molecule has 0 aliphatic carbocycles. The summed E-state index contributed by atoms with van der Waals surface area (Å²) in [4.78, 5) is 10.5. The molecule has 0 aliphatic heterocycles. The van der Waals surface area contributed by atoms with E-state index in [0.717, 1.165) is 0 Å². The van der Waals surface area contributed by atoms with Crippen LogP contribution in [0.4, 0.5) is 0 Å². The molecule has 3 N–H and O–H groups in total. The molecule has 0 spiro atoms. The van der Waals surface area contributed by atoms with Crippen LogP contribution in [-0.4, -0.2) is 21.4 Å². The number of carboxylic acids is 1. The minimum Gasteiger partial charge on any atom is -0.480 e. The SMILES string of the molecule is CC(C)(S)[C@](C)(N)C(=O)O. The second-order valence-corrected chi connectivity index (χ2v) is 4.18. The van der Waals surface area contributed by atoms with Crippen LogP contribution in [0.5, 0.6) is 0 Å². The number of carboxylic acid groups (broad SMARTS) is 1. The van der Waals surface area contributed by atoms with Crippen LogP contribution in [0.15, 0.2) is 0 Å². The number of hydrogen-bond donors (Lipinski definition) is 3. The van der Waals surface area contributed by atoms with Gasteiger partial charge in [0.05, 0.1) is 0 Å². The molecule has 3 nitrogen and oxygen atoms in total. The van der Waals surface area contributed by atoms with Gasteiger partial charge in [-0.3, -0.25) is 4.79 Å². The van der Waals surface area contributed by atoms with Crippen molar-refractivity contribution in [2.75, 3.05) is 0 Å². The Hall–Kier alpha value is -0.220. The van der Waals surface area contributed by atoms with Crippen molar-refractivity contribution in [3.05, 3.63) is 0 Å². The van der Waals surface area contributed by atoms with Crippen molar-refractivity contribution >= 4 is 18.6 Å². The molecule has 0 aromatic carbocycles. The third kappa shape index (κ3) is 1.64. The summed E-state index contributed by atoms with van der Waals surface area (Å²) < 4.78 is -0.709. The van der Waals surface area contributed by atoms with Gasteiger partial charge in [0.15, 0.2) is 0 Å². The van der Waals surface area contributed by atoms with Crippen molar-refractivity contribution in [3.8, 4) is 0 Å². The molecular formula is C6H13NO2S. The van der Waals surface area contributed by atoms with Gasteiger partial charge < -0.3 is 10.8 Å². The average molecular weight is 163 g/mol. The molecule has 0 aromatic rings. The molecule has 0 amide bonds. The summed E-state index contributed by atoms with van der Waals surface area (Å²) in [7, 11) is 0. The maximum absolute atomic E-state index is 10.5. The second-order valence-electron chi connectivity index (χ2n) is 3.07. The normalized spacial score (nSPS) is 18.1. The molecule has 0 saturated carbocycles. The number of nitrogens with two attached hydrogens (primary N) is 1. The van der Waals surface area contributed by atoms with Crippen LogP contribution in [0, 0.1) is 0 Å². The first-order valence-corrected chi connectivity index (χ1v) is 3.39. The molecule has 0 bridgehead atoms. The first kappa shape index (κ1) is 9.78. The highest BCUT2D eigenvalue weighted by molar-refractivity contribution is 7.81. The van der Waals surface area contributed by atoms with Crippen LogP contribution in [0.1, 0.15) is 20.8 Å². The van der Waals surface area contributed by atoms with Gasteiger partial charge in [0.2, 0.25) is 0 Å². The number of hydrogen-bond acceptors (Lipinski definition) is 3. The Kier molecular flexibility index (Phi) is 2.38. The molecule has 0 saturated heterocycles. The molecule has 60 valence electrons. The molecule has 0 radical (unpaired) electrons. The fraction of sp³-hybridized carbons (Fsp3) is 0.833.